The molecular formula is C20H24N2O5S. The number of carbonyl (C=O) groups is 2. The summed E-state index contributed by atoms with van der Waals surface area (Å²) in [5.41, 5.74) is 0.797. The maximum Gasteiger partial charge on any atom is 0.357 e. The summed E-state index contributed by atoms with van der Waals surface area (Å²) in [6.45, 7) is 3.89. The SMILES string of the molecule is CC(C)CN(C(=O)COC(=O)c1ccc2ccccc2n1)[C@@H]1CCS(=O)(=O)C1. The van der Waals surface area contributed by atoms with Gasteiger partial charge in [0.1, 0.15) is 5.69 Å². The van der Waals surface area contributed by atoms with Crippen LogP contribution in [0.5, 0.6) is 0 Å². The van der Waals surface area contributed by atoms with E-state index in [2.05, 4.69) is 4.98 Å². The molecule has 1 fully saturated rings. The van der Waals surface area contributed by atoms with Crippen molar-refractivity contribution in [3.8, 4) is 0 Å². The maximum atomic E-state index is 12.7. The molecule has 1 atom stereocenters. The molecule has 1 saturated heterocycles. The van der Waals surface area contributed by atoms with E-state index in [1.807, 2.05) is 32.0 Å². The van der Waals surface area contributed by atoms with Gasteiger partial charge in [0.2, 0.25) is 0 Å². The topological polar surface area (TPSA) is 93.6 Å². The van der Waals surface area contributed by atoms with Gasteiger partial charge in [-0.05, 0) is 24.5 Å². The standard InChI is InChI=1S/C20H24N2O5S/c1-14(2)11-22(16-9-10-28(25,26)13-16)19(23)12-27-20(24)18-8-7-15-5-3-4-6-17(15)21-18/h3-8,14,16H,9-13H2,1-2H3/t16-/m1/s1. The van der Waals surface area contributed by atoms with Crippen LogP contribution in [0.1, 0.15) is 30.8 Å². The average molecular weight is 404 g/mol. The van der Waals surface area contributed by atoms with Gasteiger partial charge in [0.05, 0.1) is 17.0 Å². The van der Waals surface area contributed by atoms with Crippen molar-refractivity contribution in [3.05, 3.63) is 42.1 Å². The molecule has 1 aromatic heterocycles. The number of benzene rings is 1. The van der Waals surface area contributed by atoms with Crippen molar-refractivity contribution in [1.29, 1.82) is 0 Å². The Balaban J connectivity index is 1.66. The average Bonchev–Trinajstić information content (AvgIpc) is 3.02. The Morgan fingerprint density at radius 3 is 2.64 bits per heavy atom. The van der Waals surface area contributed by atoms with Crippen molar-refractivity contribution >= 4 is 32.6 Å². The summed E-state index contributed by atoms with van der Waals surface area (Å²) in [6.07, 6.45) is 0.418. The Bertz CT molecular complexity index is 987. The van der Waals surface area contributed by atoms with Gasteiger partial charge in [0, 0.05) is 18.0 Å². The minimum absolute atomic E-state index is 0.0361. The summed E-state index contributed by atoms with van der Waals surface area (Å²) < 4.78 is 28.7. The van der Waals surface area contributed by atoms with Gasteiger partial charge in [-0.3, -0.25) is 4.79 Å². The van der Waals surface area contributed by atoms with Gasteiger partial charge in [-0.15, -0.1) is 0 Å². The van der Waals surface area contributed by atoms with Crippen molar-refractivity contribution in [2.24, 2.45) is 5.92 Å². The lowest BCUT2D eigenvalue weighted by atomic mass is 10.1. The summed E-state index contributed by atoms with van der Waals surface area (Å²) in [7, 11) is -3.12. The van der Waals surface area contributed by atoms with Gasteiger partial charge >= 0.3 is 5.97 Å². The number of sulfone groups is 1. The summed E-state index contributed by atoms with van der Waals surface area (Å²) in [6, 6.07) is 10.4. The van der Waals surface area contributed by atoms with Crippen LogP contribution >= 0.6 is 0 Å². The fraction of sp³-hybridized carbons (Fsp3) is 0.450. The van der Waals surface area contributed by atoms with Gasteiger partial charge in [0.15, 0.2) is 16.4 Å². The number of fused-ring (bicyclic) bond motifs is 1. The molecule has 0 aliphatic carbocycles. The number of pyridine rings is 1. The number of nitrogens with zero attached hydrogens (tertiary/aromatic N) is 2. The highest BCUT2D eigenvalue weighted by Gasteiger charge is 2.35. The summed E-state index contributed by atoms with van der Waals surface area (Å²) >= 11 is 0. The molecule has 8 heteroatoms. The molecule has 1 aliphatic heterocycles. The van der Waals surface area contributed by atoms with E-state index in [0.717, 1.165) is 5.39 Å². The highest BCUT2D eigenvalue weighted by atomic mass is 32.2. The fourth-order valence-corrected chi connectivity index (χ4v) is 5.06. The maximum absolute atomic E-state index is 12.7. The molecule has 0 saturated carbocycles. The van der Waals surface area contributed by atoms with Crippen LogP contribution in [0.15, 0.2) is 36.4 Å². The van der Waals surface area contributed by atoms with Crippen molar-refractivity contribution in [2.45, 2.75) is 26.3 Å². The van der Waals surface area contributed by atoms with Gasteiger partial charge < -0.3 is 9.64 Å². The number of hydrogen-bond acceptors (Lipinski definition) is 6. The van der Waals surface area contributed by atoms with Crippen molar-refractivity contribution in [3.63, 3.8) is 0 Å². The Morgan fingerprint density at radius 2 is 1.96 bits per heavy atom. The van der Waals surface area contributed by atoms with E-state index in [4.69, 9.17) is 4.74 Å². The Labute approximate surface area is 164 Å². The van der Waals surface area contributed by atoms with E-state index in [0.29, 0.717) is 18.5 Å². The number of carbonyl (C=O) groups excluding carboxylic acids is 2. The van der Waals surface area contributed by atoms with Crippen molar-refractivity contribution in [1.82, 2.24) is 9.88 Å². The Morgan fingerprint density at radius 1 is 1.21 bits per heavy atom. The van der Waals surface area contributed by atoms with Crippen LogP contribution in [-0.4, -0.2) is 60.9 Å². The molecule has 0 bridgehead atoms. The Kier molecular flexibility index (Phi) is 5.98. The highest BCUT2D eigenvalue weighted by molar-refractivity contribution is 7.91. The number of hydrogen-bond donors (Lipinski definition) is 0. The first-order valence-corrected chi connectivity index (χ1v) is 11.1. The monoisotopic (exact) mass is 404 g/mol. The third kappa shape index (κ3) is 4.86. The minimum atomic E-state index is -3.12. The van der Waals surface area contributed by atoms with Crippen LogP contribution in [0.2, 0.25) is 0 Å². The first-order chi connectivity index (χ1) is 13.2. The highest BCUT2D eigenvalue weighted by Crippen LogP contribution is 2.19. The van der Waals surface area contributed by atoms with Gasteiger partial charge in [-0.1, -0.05) is 38.1 Å². The van der Waals surface area contributed by atoms with E-state index < -0.39 is 22.4 Å². The molecule has 3 rings (SSSR count). The lowest BCUT2D eigenvalue weighted by molar-refractivity contribution is -0.137. The van der Waals surface area contributed by atoms with E-state index in [-0.39, 0.29) is 35.1 Å². The largest absolute Gasteiger partial charge is 0.451 e. The minimum Gasteiger partial charge on any atom is -0.451 e. The third-order valence-electron chi connectivity index (χ3n) is 4.67. The normalized spacial score (nSPS) is 18.3. The molecule has 1 aromatic carbocycles. The molecular weight excluding hydrogens is 380 g/mol. The predicted molar refractivity (Wildman–Crippen MR) is 106 cm³/mol. The Hall–Kier alpha value is -2.48. The molecule has 2 aromatic rings. The van der Waals surface area contributed by atoms with Gasteiger partial charge in [-0.25, -0.2) is 18.2 Å². The number of aromatic nitrogens is 1. The number of amides is 1. The number of ether oxygens (including phenoxy) is 1. The molecule has 28 heavy (non-hydrogen) atoms. The summed E-state index contributed by atoms with van der Waals surface area (Å²) in [5.74, 6) is -0.843. The molecule has 1 aliphatic rings. The second-order valence-electron chi connectivity index (χ2n) is 7.46. The fourth-order valence-electron chi connectivity index (χ4n) is 3.33. The quantitative estimate of drug-likeness (QED) is 0.684. The van der Waals surface area contributed by atoms with Crippen LogP contribution in [0.3, 0.4) is 0 Å². The predicted octanol–water partition coefficient (Wildman–Crippen LogP) is 2.06. The number of rotatable bonds is 6. The third-order valence-corrected chi connectivity index (χ3v) is 6.42. The second kappa shape index (κ2) is 8.26. The summed E-state index contributed by atoms with van der Waals surface area (Å²) in [4.78, 5) is 30.8. The summed E-state index contributed by atoms with van der Waals surface area (Å²) in [5, 5.41) is 0.903. The lowest BCUT2D eigenvalue weighted by Crippen LogP contribution is -2.45. The van der Waals surface area contributed by atoms with E-state index in [1.165, 1.54) is 4.90 Å². The zero-order valence-corrected chi connectivity index (χ0v) is 16.8. The van der Waals surface area contributed by atoms with Gasteiger partial charge in [-0.2, -0.15) is 0 Å². The van der Waals surface area contributed by atoms with E-state index in [1.54, 1.807) is 18.2 Å². The molecule has 7 nitrogen and oxygen atoms in total. The van der Waals surface area contributed by atoms with Crippen LogP contribution in [0, 0.1) is 5.92 Å². The first-order valence-electron chi connectivity index (χ1n) is 9.28. The molecule has 1 amide bonds. The van der Waals surface area contributed by atoms with Crippen LogP contribution in [0.4, 0.5) is 0 Å². The lowest BCUT2D eigenvalue weighted by Gasteiger charge is -2.29. The zero-order chi connectivity index (χ0) is 20.3. The van der Waals surface area contributed by atoms with Crippen LogP contribution in [0.25, 0.3) is 10.9 Å². The molecule has 0 spiro atoms. The van der Waals surface area contributed by atoms with E-state index >= 15 is 0 Å². The molecule has 0 unspecified atom stereocenters. The van der Waals surface area contributed by atoms with Crippen molar-refractivity contribution in [2.75, 3.05) is 24.7 Å². The smallest absolute Gasteiger partial charge is 0.357 e. The van der Waals surface area contributed by atoms with Crippen molar-refractivity contribution < 1.29 is 22.7 Å². The van der Waals surface area contributed by atoms with Crippen LogP contribution in [-0.2, 0) is 19.4 Å². The molecule has 0 N–H and O–H groups in total. The zero-order valence-electron chi connectivity index (χ0n) is 16.0. The van der Waals surface area contributed by atoms with E-state index in [9.17, 15) is 18.0 Å². The number of para-hydroxylation sites is 1. The van der Waals surface area contributed by atoms with Crippen LogP contribution < -0.4 is 0 Å². The molecule has 150 valence electrons. The number of esters is 1. The first kappa shape index (κ1) is 20.3. The molecule has 2 heterocycles. The second-order valence-corrected chi connectivity index (χ2v) is 9.69. The van der Waals surface area contributed by atoms with Gasteiger partial charge in [0.25, 0.3) is 5.91 Å². The molecule has 0 radical (unpaired) electrons.